The second kappa shape index (κ2) is 14.7. The van der Waals surface area contributed by atoms with Crippen molar-refractivity contribution in [3.8, 4) is 29.1 Å². The number of hydrogen-bond donors (Lipinski definition) is 1. The highest BCUT2D eigenvalue weighted by molar-refractivity contribution is 6.02. The number of aromatic nitrogens is 3. The first-order valence-corrected chi connectivity index (χ1v) is 20.1. The molecule has 0 saturated carbocycles. The van der Waals surface area contributed by atoms with Gasteiger partial charge in [0.15, 0.2) is 5.82 Å². The van der Waals surface area contributed by atoms with Crippen molar-refractivity contribution < 1.29 is 37.0 Å². The zero-order valence-electron chi connectivity index (χ0n) is 32.5. The van der Waals surface area contributed by atoms with Gasteiger partial charge in [-0.2, -0.15) is 15.2 Å². The molecule has 2 aromatic carbocycles. The maximum atomic E-state index is 17.6. The predicted octanol–water partition coefficient (Wildman–Crippen LogP) is 6.84. The number of carbonyl (C=O) groups is 2. The summed E-state index contributed by atoms with van der Waals surface area (Å²) in [7, 11) is 0. The smallest absolute Gasteiger partial charge is 0.416 e. The van der Waals surface area contributed by atoms with Gasteiger partial charge >= 0.3 is 18.2 Å². The van der Waals surface area contributed by atoms with Gasteiger partial charge in [0.25, 0.3) is 0 Å². The molecule has 2 amide bonds. The first-order valence-electron chi connectivity index (χ1n) is 20.1. The van der Waals surface area contributed by atoms with Crippen molar-refractivity contribution in [1.82, 2.24) is 30.1 Å². The van der Waals surface area contributed by atoms with E-state index in [0.29, 0.717) is 36.1 Å². The fourth-order valence-electron chi connectivity index (χ4n) is 10.1. The van der Waals surface area contributed by atoms with E-state index in [0.717, 1.165) is 32.4 Å². The van der Waals surface area contributed by atoms with Crippen molar-refractivity contribution in [3.63, 3.8) is 0 Å². The van der Waals surface area contributed by atoms with Crippen LogP contribution in [0.3, 0.4) is 0 Å². The lowest BCUT2D eigenvalue weighted by molar-refractivity contribution is 0.107. The van der Waals surface area contributed by atoms with Crippen molar-refractivity contribution in [2.24, 2.45) is 5.92 Å². The third-order valence-electron chi connectivity index (χ3n) is 12.5. The lowest BCUT2D eigenvalue weighted by Gasteiger charge is -2.42. The molecule has 58 heavy (non-hydrogen) atoms. The summed E-state index contributed by atoms with van der Waals surface area (Å²) < 4.78 is 66.9. The molecule has 0 radical (unpaired) electrons. The SMILES string of the molecule is C[C@H]1CN2CCC[C@@]2(COc2nc3c4cnc(c(F)c4n2)-c2cc(OC(=O)N4CCC[C@@H]4C#N)cc4ccc(F)c(c24)CCCOC(=O)N[C@]2(C)C[C@@H](F)CN3C2)C1. The van der Waals surface area contributed by atoms with E-state index in [-0.39, 0.29) is 96.4 Å². The summed E-state index contributed by atoms with van der Waals surface area (Å²) >= 11 is 0. The van der Waals surface area contributed by atoms with Crippen molar-refractivity contribution in [3.05, 3.63) is 47.7 Å². The molecular formula is C42H45F3N8O5. The van der Waals surface area contributed by atoms with Crippen molar-refractivity contribution in [2.45, 2.75) is 88.5 Å². The molecular weight excluding hydrogens is 754 g/mol. The Labute approximate surface area is 333 Å². The van der Waals surface area contributed by atoms with Crippen LogP contribution in [-0.2, 0) is 11.2 Å². The molecule has 6 aliphatic rings. The van der Waals surface area contributed by atoms with Crippen LogP contribution in [0.4, 0.5) is 28.6 Å². The van der Waals surface area contributed by atoms with Crippen LogP contribution in [0.5, 0.6) is 11.8 Å². The number of likely N-dealkylation sites (tertiary alicyclic amines) is 1. The fraction of sp³-hybridized carbons (Fsp3) is 0.524. The second-order valence-corrected chi connectivity index (χ2v) is 16.9. The Morgan fingerprint density at radius 2 is 2.00 bits per heavy atom. The maximum Gasteiger partial charge on any atom is 0.416 e. The number of nitrogens with one attached hydrogen (secondary N) is 1. The molecule has 4 aromatic rings. The van der Waals surface area contributed by atoms with Crippen LogP contribution in [0, 0.1) is 28.9 Å². The summed E-state index contributed by atoms with van der Waals surface area (Å²) in [4.78, 5) is 46.0. The average Bonchev–Trinajstić information content (AvgIpc) is 3.90. The lowest BCUT2D eigenvalue weighted by atomic mass is 9.90. The number of benzene rings is 2. The number of nitriles is 1. The Balaban J connectivity index is 1.22. The molecule has 0 spiro atoms. The monoisotopic (exact) mass is 798 g/mol. The van der Waals surface area contributed by atoms with Gasteiger partial charge in [0.05, 0.1) is 35.7 Å². The molecule has 5 atom stereocenters. The molecule has 4 saturated heterocycles. The van der Waals surface area contributed by atoms with E-state index in [1.807, 2.05) is 0 Å². The van der Waals surface area contributed by atoms with E-state index in [9.17, 15) is 14.9 Å². The molecule has 16 heteroatoms. The first kappa shape index (κ1) is 38.1. The molecule has 1 N–H and O–H groups in total. The number of alkyl halides is 1. The molecule has 10 rings (SSSR count). The largest absolute Gasteiger partial charge is 0.461 e. The number of anilines is 1. The van der Waals surface area contributed by atoms with Crippen LogP contribution in [0.1, 0.15) is 64.4 Å². The van der Waals surface area contributed by atoms with Crippen molar-refractivity contribution in [2.75, 3.05) is 50.8 Å². The second-order valence-electron chi connectivity index (χ2n) is 16.9. The highest BCUT2D eigenvalue weighted by atomic mass is 19.1. The van der Waals surface area contributed by atoms with Gasteiger partial charge in [-0.05, 0) is 98.9 Å². The molecule has 0 aliphatic carbocycles. The number of rotatable bonds is 4. The summed E-state index contributed by atoms with van der Waals surface area (Å²) in [5.41, 5.74) is -1.29. The van der Waals surface area contributed by atoms with Gasteiger partial charge in [-0.15, -0.1) is 0 Å². The molecule has 6 aliphatic heterocycles. The Kier molecular flexibility index (Phi) is 9.69. The molecule has 6 bridgehead atoms. The van der Waals surface area contributed by atoms with Crippen molar-refractivity contribution in [1.29, 1.82) is 5.26 Å². The number of ether oxygens (including phenoxy) is 3. The van der Waals surface area contributed by atoms with Crippen LogP contribution in [0.15, 0.2) is 30.5 Å². The van der Waals surface area contributed by atoms with E-state index in [4.69, 9.17) is 19.2 Å². The van der Waals surface area contributed by atoms with Crippen LogP contribution in [0.25, 0.3) is 32.9 Å². The number of piperidine rings is 1. The zero-order valence-corrected chi connectivity index (χ0v) is 32.5. The average molecular weight is 799 g/mol. The minimum atomic E-state index is -1.39. The molecule has 8 heterocycles. The van der Waals surface area contributed by atoms with Gasteiger partial charge in [-0.25, -0.2) is 22.8 Å². The minimum absolute atomic E-state index is 0.00260. The van der Waals surface area contributed by atoms with E-state index in [1.165, 1.54) is 29.3 Å². The number of fused-ring (bicyclic) bond motifs is 7. The van der Waals surface area contributed by atoms with E-state index >= 15 is 13.2 Å². The number of pyridine rings is 1. The van der Waals surface area contributed by atoms with Crippen LogP contribution in [0.2, 0.25) is 0 Å². The number of halogens is 3. The zero-order chi connectivity index (χ0) is 40.3. The van der Waals surface area contributed by atoms with Crippen LogP contribution in [-0.4, -0.2) is 106 Å². The lowest BCUT2D eigenvalue weighted by Crippen LogP contribution is -2.60. The fourth-order valence-corrected chi connectivity index (χ4v) is 10.1. The Bertz CT molecular complexity index is 2360. The van der Waals surface area contributed by atoms with Gasteiger partial charge < -0.3 is 24.4 Å². The number of carbonyl (C=O) groups excluding carboxylic acids is 2. The Morgan fingerprint density at radius 3 is 2.84 bits per heavy atom. The Morgan fingerprint density at radius 1 is 1.14 bits per heavy atom. The molecule has 2 aromatic heterocycles. The summed E-state index contributed by atoms with van der Waals surface area (Å²) in [6.45, 7) is 6.41. The number of aryl methyl sites for hydroxylation is 1. The van der Waals surface area contributed by atoms with E-state index < -0.39 is 41.6 Å². The summed E-state index contributed by atoms with van der Waals surface area (Å²) in [5.74, 6) is -0.721. The van der Waals surface area contributed by atoms with Gasteiger partial charge in [-0.3, -0.25) is 14.8 Å². The number of hydrogen-bond acceptors (Lipinski definition) is 11. The summed E-state index contributed by atoms with van der Waals surface area (Å²) in [6, 6.07) is 7.19. The Hall–Kier alpha value is -5.43. The van der Waals surface area contributed by atoms with E-state index in [2.05, 4.69) is 33.2 Å². The van der Waals surface area contributed by atoms with Gasteiger partial charge in [0.1, 0.15) is 47.4 Å². The molecule has 13 nitrogen and oxygen atoms in total. The highest BCUT2D eigenvalue weighted by Gasteiger charge is 2.48. The van der Waals surface area contributed by atoms with Crippen LogP contribution < -0.4 is 19.7 Å². The summed E-state index contributed by atoms with van der Waals surface area (Å²) in [5, 5.41) is 13.4. The van der Waals surface area contributed by atoms with E-state index in [1.54, 1.807) is 17.9 Å². The molecule has 304 valence electrons. The number of amides is 2. The summed E-state index contributed by atoms with van der Waals surface area (Å²) in [6.07, 6.45) is 2.92. The third kappa shape index (κ3) is 6.86. The third-order valence-corrected chi connectivity index (χ3v) is 12.5. The quantitative estimate of drug-likeness (QED) is 0.232. The number of nitrogens with zero attached hydrogens (tertiary/aromatic N) is 7. The molecule has 4 fully saturated rings. The first-order chi connectivity index (χ1) is 27.9. The minimum Gasteiger partial charge on any atom is -0.461 e. The normalized spacial score (nSPS) is 27.4. The highest BCUT2D eigenvalue weighted by Crippen LogP contribution is 2.43. The van der Waals surface area contributed by atoms with Gasteiger partial charge in [0.2, 0.25) is 0 Å². The van der Waals surface area contributed by atoms with Gasteiger partial charge in [-0.1, -0.05) is 13.0 Å². The maximum absolute atomic E-state index is 17.6. The topological polar surface area (TPSA) is 146 Å². The van der Waals surface area contributed by atoms with Crippen molar-refractivity contribution >= 4 is 39.7 Å². The number of alkyl carbamates (subject to hydrolysis) is 1. The standard InChI is InChI=1S/C42H45F3N8O5/c1-24-16-42(10-5-11-52(42)20-24)23-57-38-48-36-31-19-47-35(34(36)45)30-15-28(58-40(55)53-12-3-6-27(53)18-46)14-25-8-9-32(44)29(33(25)30)7-4-13-56-39(54)50-41(2)17-26(43)21-51(22-41)37(31)49-38/h8-9,14-15,19,24,26-27H,3-7,10-13,16-17,20-23H2,1-2H3,(H,50,54)/t24-,26-,27-,41-,42+/m1/s1. The van der Waals surface area contributed by atoms with Gasteiger partial charge in [0, 0.05) is 37.8 Å². The molecule has 0 unspecified atom stereocenters. The predicted molar refractivity (Wildman–Crippen MR) is 207 cm³/mol. The van der Waals surface area contributed by atoms with Crippen LogP contribution >= 0.6 is 0 Å².